The Morgan fingerprint density at radius 1 is 0.793 bits per heavy atom. The van der Waals surface area contributed by atoms with Gasteiger partial charge in [0.05, 0.1) is 0 Å². The van der Waals surface area contributed by atoms with Crippen molar-refractivity contribution < 1.29 is 18.3 Å². The van der Waals surface area contributed by atoms with Crippen LogP contribution in [0.2, 0.25) is 0 Å². The predicted molar refractivity (Wildman–Crippen MR) is 106 cm³/mol. The standard InChI is InChI=1S/C21H13F2N3O2S/c22-15-5-1-13(2-6-15)19(27)24-21-26-25-20(29-21)14-3-9-17(10-4-14)28-18-11-7-16(23)8-12-18/h1-12H,(H,24,26,27). The lowest BCUT2D eigenvalue weighted by atomic mass is 10.2. The number of nitrogens with zero attached hydrogens (tertiary/aromatic N) is 2. The maximum Gasteiger partial charge on any atom is 0.257 e. The number of ether oxygens (including phenoxy) is 1. The van der Waals surface area contributed by atoms with Crippen LogP contribution in [0.4, 0.5) is 13.9 Å². The number of hydrogen-bond donors (Lipinski definition) is 1. The summed E-state index contributed by atoms with van der Waals surface area (Å²) in [4.78, 5) is 12.2. The van der Waals surface area contributed by atoms with E-state index in [2.05, 4.69) is 15.5 Å². The van der Waals surface area contributed by atoms with E-state index in [1.807, 2.05) is 12.1 Å². The van der Waals surface area contributed by atoms with E-state index in [0.29, 0.717) is 27.2 Å². The second-order valence-electron chi connectivity index (χ2n) is 5.95. The highest BCUT2D eigenvalue weighted by molar-refractivity contribution is 7.18. The fourth-order valence-corrected chi connectivity index (χ4v) is 3.21. The summed E-state index contributed by atoms with van der Waals surface area (Å²) in [6, 6.07) is 18.1. The maximum absolute atomic E-state index is 13.0. The van der Waals surface area contributed by atoms with Crippen molar-refractivity contribution >= 4 is 22.4 Å². The Hall–Kier alpha value is -3.65. The third-order valence-electron chi connectivity index (χ3n) is 3.90. The Balaban J connectivity index is 1.43. The zero-order valence-corrected chi connectivity index (χ0v) is 15.6. The van der Waals surface area contributed by atoms with Crippen LogP contribution in [-0.2, 0) is 0 Å². The van der Waals surface area contributed by atoms with Crippen molar-refractivity contribution in [2.24, 2.45) is 0 Å². The van der Waals surface area contributed by atoms with Crippen molar-refractivity contribution in [1.29, 1.82) is 0 Å². The molecule has 1 amide bonds. The summed E-state index contributed by atoms with van der Waals surface area (Å²) in [5.41, 5.74) is 1.13. The van der Waals surface area contributed by atoms with Crippen molar-refractivity contribution in [1.82, 2.24) is 10.2 Å². The van der Waals surface area contributed by atoms with Crippen LogP contribution >= 0.6 is 11.3 Å². The molecule has 144 valence electrons. The largest absolute Gasteiger partial charge is 0.457 e. The molecule has 29 heavy (non-hydrogen) atoms. The van der Waals surface area contributed by atoms with Gasteiger partial charge in [-0.15, -0.1) is 10.2 Å². The minimum Gasteiger partial charge on any atom is -0.457 e. The summed E-state index contributed by atoms with van der Waals surface area (Å²) in [5, 5.41) is 11.6. The molecular weight excluding hydrogens is 396 g/mol. The summed E-state index contributed by atoms with van der Waals surface area (Å²) in [7, 11) is 0. The molecular formula is C21H13F2N3O2S. The molecule has 0 saturated carbocycles. The SMILES string of the molecule is O=C(Nc1nnc(-c2ccc(Oc3ccc(F)cc3)cc2)s1)c1ccc(F)cc1. The Labute approximate surface area is 168 Å². The average molecular weight is 409 g/mol. The minimum atomic E-state index is -0.411. The molecule has 0 radical (unpaired) electrons. The number of halogens is 2. The Kier molecular flexibility index (Phi) is 5.26. The minimum absolute atomic E-state index is 0.324. The molecule has 5 nitrogen and oxygen atoms in total. The average Bonchev–Trinajstić information content (AvgIpc) is 3.19. The second kappa shape index (κ2) is 8.15. The second-order valence-corrected chi connectivity index (χ2v) is 6.93. The zero-order chi connectivity index (χ0) is 20.2. The molecule has 0 aliphatic rings. The van der Waals surface area contributed by atoms with Crippen LogP contribution in [0.15, 0.2) is 72.8 Å². The van der Waals surface area contributed by atoms with E-state index < -0.39 is 11.7 Å². The van der Waals surface area contributed by atoms with Crippen LogP contribution in [0.5, 0.6) is 11.5 Å². The van der Waals surface area contributed by atoms with E-state index >= 15 is 0 Å². The lowest BCUT2D eigenvalue weighted by Crippen LogP contribution is -2.11. The molecule has 1 heterocycles. The molecule has 0 aliphatic heterocycles. The van der Waals surface area contributed by atoms with Crippen molar-refractivity contribution in [3.63, 3.8) is 0 Å². The number of amides is 1. The van der Waals surface area contributed by atoms with Gasteiger partial charge >= 0.3 is 0 Å². The van der Waals surface area contributed by atoms with Gasteiger partial charge in [0.25, 0.3) is 5.91 Å². The summed E-state index contributed by atoms with van der Waals surface area (Å²) in [5.74, 6) is -0.00999. The molecule has 1 N–H and O–H groups in total. The maximum atomic E-state index is 13.0. The number of hydrogen-bond acceptors (Lipinski definition) is 5. The van der Waals surface area contributed by atoms with Crippen LogP contribution in [0.1, 0.15) is 10.4 Å². The molecule has 0 atom stereocenters. The van der Waals surface area contributed by atoms with Crippen molar-refractivity contribution in [3.8, 4) is 22.1 Å². The number of carbonyl (C=O) groups is 1. The molecule has 0 spiro atoms. The molecule has 1 aromatic heterocycles. The number of anilines is 1. The van der Waals surface area contributed by atoms with Gasteiger partial charge in [0.15, 0.2) is 0 Å². The van der Waals surface area contributed by atoms with Gasteiger partial charge in [-0.25, -0.2) is 8.78 Å². The zero-order valence-electron chi connectivity index (χ0n) is 14.8. The molecule has 0 bridgehead atoms. The van der Waals surface area contributed by atoms with Gasteiger partial charge < -0.3 is 4.74 Å². The molecule has 3 aromatic carbocycles. The Morgan fingerprint density at radius 2 is 1.34 bits per heavy atom. The Morgan fingerprint density at radius 3 is 1.97 bits per heavy atom. The third-order valence-corrected chi connectivity index (χ3v) is 4.79. The number of rotatable bonds is 5. The first-order valence-electron chi connectivity index (χ1n) is 8.51. The predicted octanol–water partition coefficient (Wildman–Crippen LogP) is 5.53. The van der Waals surface area contributed by atoms with E-state index in [1.54, 1.807) is 24.3 Å². The first kappa shape index (κ1) is 18.7. The Bertz CT molecular complexity index is 1130. The highest BCUT2D eigenvalue weighted by Crippen LogP contribution is 2.29. The van der Waals surface area contributed by atoms with Gasteiger partial charge in [-0.3, -0.25) is 10.1 Å². The molecule has 8 heteroatoms. The molecule has 4 aromatic rings. The quantitative estimate of drug-likeness (QED) is 0.471. The lowest BCUT2D eigenvalue weighted by molar-refractivity contribution is 0.102. The lowest BCUT2D eigenvalue weighted by Gasteiger charge is -2.05. The van der Waals surface area contributed by atoms with Crippen molar-refractivity contribution in [2.75, 3.05) is 5.32 Å². The molecule has 0 fully saturated rings. The van der Waals surface area contributed by atoms with E-state index in [4.69, 9.17) is 4.74 Å². The van der Waals surface area contributed by atoms with Crippen LogP contribution in [0, 0.1) is 11.6 Å². The van der Waals surface area contributed by atoms with Gasteiger partial charge in [0, 0.05) is 11.1 Å². The van der Waals surface area contributed by atoms with Gasteiger partial charge in [-0.05, 0) is 72.8 Å². The van der Waals surface area contributed by atoms with Crippen LogP contribution in [0.25, 0.3) is 10.6 Å². The summed E-state index contributed by atoms with van der Waals surface area (Å²) in [6.45, 7) is 0. The fraction of sp³-hybridized carbons (Fsp3) is 0. The van der Waals surface area contributed by atoms with E-state index in [1.165, 1.54) is 47.7 Å². The van der Waals surface area contributed by atoms with E-state index in [9.17, 15) is 13.6 Å². The highest BCUT2D eigenvalue weighted by Gasteiger charge is 2.12. The van der Waals surface area contributed by atoms with Crippen LogP contribution < -0.4 is 10.1 Å². The van der Waals surface area contributed by atoms with Gasteiger partial charge in [0.2, 0.25) is 5.13 Å². The van der Waals surface area contributed by atoms with Crippen molar-refractivity contribution in [3.05, 3.63) is 90.0 Å². The molecule has 0 aliphatic carbocycles. The summed E-state index contributed by atoms with van der Waals surface area (Å²) in [6.07, 6.45) is 0. The molecule has 0 saturated heterocycles. The monoisotopic (exact) mass is 409 g/mol. The number of benzene rings is 3. The number of nitrogens with one attached hydrogen (secondary N) is 1. The topological polar surface area (TPSA) is 64.1 Å². The van der Waals surface area contributed by atoms with E-state index in [-0.39, 0.29) is 5.82 Å². The molecule has 0 unspecified atom stereocenters. The van der Waals surface area contributed by atoms with Crippen LogP contribution in [0.3, 0.4) is 0 Å². The molecule has 4 rings (SSSR count). The third kappa shape index (κ3) is 4.61. The van der Waals surface area contributed by atoms with E-state index in [0.717, 1.165) is 5.56 Å². The summed E-state index contributed by atoms with van der Waals surface area (Å²) < 4.78 is 31.6. The smallest absolute Gasteiger partial charge is 0.257 e. The van der Waals surface area contributed by atoms with Crippen molar-refractivity contribution in [2.45, 2.75) is 0 Å². The fourth-order valence-electron chi connectivity index (χ4n) is 2.47. The van der Waals surface area contributed by atoms with Gasteiger partial charge in [0.1, 0.15) is 28.1 Å². The van der Waals surface area contributed by atoms with Gasteiger partial charge in [-0.2, -0.15) is 0 Å². The highest BCUT2D eigenvalue weighted by atomic mass is 32.1. The number of carbonyl (C=O) groups excluding carboxylic acids is 1. The first-order chi connectivity index (χ1) is 14.1. The van der Waals surface area contributed by atoms with Gasteiger partial charge in [-0.1, -0.05) is 11.3 Å². The summed E-state index contributed by atoms with van der Waals surface area (Å²) >= 11 is 1.21. The normalized spacial score (nSPS) is 10.6. The number of aromatic nitrogens is 2. The first-order valence-corrected chi connectivity index (χ1v) is 9.33. The van der Waals surface area contributed by atoms with Crippen LogP contribution in [-0.4, -0.2) is 16.1 Å².